The van der Waals surface area contributed by atoms with Crippen molar-refractivity contribution >= 4 is 17.3 Å². The monoisotopic (exact) mass is 251 g/mol. The molecule has 1 aromatic carbocycles. The first-order valence-corrected chi connectivity index (χ1v) is 5.57. The van der Waals surface area contributed by atoms with Gasteiger partial charge in [0.25, 0.3) is 0 Å². The van der Waals surface area contributed by atoms with Gasteiger partial charge >= 0.3 is 11.7 Å². The zero-order valence-corrected chi connectivity index (χ0v) is 9.63. The second-order valence-corrected chi connectivity index (χ2v) is 3.97. The molecule has 0 unspecified atom stereocenters. The lowest BCUT2D eigenvalue weighted by molar-refractivity contribution is -0.384. The molecule has 7 heteroatoms. The van der Waals surface area contributed by atoms with Gasteiger partial charge in [-0.05, 0) is 12.1 Å². The summed E-state index contributed by atoms with van der Waals surface area (Å²) in [6.45, 7) is 2.72. The van der Waals surface area contributed by atoms with E-state index in [2.05, 4.69) is 5.32 Å². The van der Waals surface area contributed by atoms with Crippen LogP contribution < -0.4 is 10.2 Å². The van der Waals surface area contributed by atoms with Crippen LogP contribution in [0.3, 0.4) is 0 Å². The van der Waals surface area contributed by atoms with E-state index in [-0.39, 0.29) is 11.3 Å². The van der Waals surface area contributed by atoms with Crippen molar-refractivity contribution in [2.24, 2.45) is 0 Å². The van der Waals surface area contributed by atoms with Crippen LogP contribution in [-0.4, -0.2) is 42.2 Å². The Hall–Kier alpha value is -2.15. The minimum absolute atomic E-state index is 0.268. The Kier molecular flexibility index (Phi) is 3.42. The lowest BCUT2D eigenvalue weighted by Crippen LogP contribution is -2.43. The zero-order valence-electron chi connectivity index (χ0n) is 9.63. The number of nitrogens with one attached hydrogen (secondary N) is 1. The molecule has 18 heavy (non-hydrogen) atoms. The molecule has 1 saturated heterocycles. The molecule has 1 aliphatic heterocycles. The Morgan fingerprint density at radius 2 is 2.06 bits per heavy atom. The summed E-state index contributed by atoms with van der Waals surface area (Å²) in [6, 6.07) is 4.38. The van der Waals surface area contributed by atoms with Gasteiger partial charge in [-0.2, -0.15) is 0 Å². The van der Waals surface area contributed by atoms with Crippen LogP contribution in [0.1, 0.15) is 10.4 Å². The fourth-order valence-electron chi connectivity index (χ4n) is 2.06. The third kappa shape index (κ3) is 2.25. The molecule has 0 saturated carbocycles. The number of nitro benzene ring substituents is 1. The molecule has 96 valence electrons. The van der Waals surface area contributed by atoms with E-state index in [0.717, 1.165) is 13.1 Å². The summed E-state index contributed by atoms with van der Waals surface area (Å²) >= 11 is 0. The largest absolute Gasteiger partial charge is 0.477 e. The predicted molar refractivity (Wildman–Crippen MR) is 65.1 cm³/mol. The van der Waals surface area contributed by atoms with E-state index in [1.165, 1.54) is 12.1 Å². The van der Waals surface area contributed by atoms with Crippen molar-refractivity contribution in [3.05, 3.63) is 33.9 Å². The van der Waals surface area contributed by atoms with Crippen molar-refractivity contribution < 1.29 is 14.8 Å². The molecule has 2 rings (SSSR count). The number of hydrogen-bond donors (Lipinski definition) is 2. The second-order valence-electron chi connectivity index (χ2n) is 3.97. The molecule has 0 bridgehead atoms. The summed E-state index contributed by atoms with van der Waals surface area (Å²) in [5.41, 5.74) is -0.218. The summed E-state index contributed by atoms with van der Waals surface area (Å²) in [5.74, 6) is -1.28. The molecule has 1 aromatic rings. The number of carboxylic acid groups (broad SMARTS) is 1. The van der Waals surface area contributed by atoms with Gasteiger partial charge < -0.3 is 15.3 Å². The maximum absolute atomic E-state index is 11.1. The molecule has 0 radical (unpaired) electrons. The molecular weight excluding hydrogens is 238 g/mol. The number of nitrogens with zero attached hydrogens (tertiary/aromatic N) is 2. The Labute approximate surface area is 103 Å². The van der Waals surface area contributed by atoms with Gasteiger partial charge in [0.15, 0.2) is 0 Å². The lowest BCUT2D eigenvalue weighted by Gasteiger charge is -2.29. The highest BCUT2D eigenvalue weighted by atomic mass is 16.6. The number of nitro groups is 1. The average Bonchev–Trinajstić information content (AvgIpc) is 2.38. The van der Waals surface area contributed by atoms with Crippen LogP contribution >= 0.6 is 0 Å². The van der Waals surface area contributed by atoms with Crippen molar-refractivity contribution in [3.8, 4) is 0 Å². The van der Waals surface area contributed by atoms with Crippen LogP contribution in [0.4, 0.5) is 11.4 Å². The maximum atomic E-state index is 11.1. The van der Waals surface area contributed by atoms with Crippen LogP contribution in [0.25, 0.3) is 0 Å². The van der Waals surface area contributed by atoms with Gasteiger partial charge in [-0.1, -0.05) is 6.07 Å². The third-order valence-corrected chi connectivity index (χ3v) is 2.89. The zero-order chi connectivity index (χ0) is 13.1. The van der Waals surface area contributed by atoms with Crippen molar-refractivity contribution in [3.63, 3.8) is 0 Å². The second kappa shape index (κ2) is 5.01. The molecular formula is C11H13N3O4. The molecule has 1 fully saturated rings. The van der Waals surface area contributed by atoms with E-state index >= 15 is 0 Å². The fraction of sp³-hybridized carbons (Fsp3) is 0.364. The summed E-state index contributed by atoms with van der Waals surface area (Å²) in [5, 5.41) is 23.2. The summed E-state index contributed by atoms with van der Waals surface area (Å²) in [7, 11) is 0. The number of carboxylic acids is 1. The standard InChI is InChI=1S/C11H13N3O4/c15-11(16)8-2-1-3-9(10(8)14(17)18)13-6-4-12-5-7-13/h1-3,12H,4-7H2,(H,15,16). The van der Waals surface area contributed by atoms with Crippen LogP contribution in [0, 0.1) is 10.1 Å². The first kappa shape index (κ1) is 12.3. The molecule has 7 nitrogen and oxygen atoms in total. The highest BCUT2D eigenvalue weighted by Crippen LogP contribution is 2.31. The fourth-order valence-corrected chi connectivity index (χ4v) is 2.06. The molecule has 0 aromatic heterocycles. The van der Waals surface area contributed by atoms with Gasteiger partial charge in [-0.25, -0.2) is 4.79 Å². The molecule has 0 atom stereocenters. The summed E-state index contributed by atoms with van der Waals surface area (Å²) < 4.78 is 0. The van der Waals surface area contributed by atoms with Crippen LogP contribution in [0.2, 0.25) is 0 Å². The summed E-state index contributed by atoms with van der Waals surface area (Å²) in [4.78, 5) is 23.3. The maximum Gasteiger partial charge on any atom is 0.342 e. The molecule has 1 aliphatic rings. The highest BCUT2D eigenvalue weighted by Gasteiger charge is 2.27. The lowest BCUT2D eigenvalue weighted by atomic mass is 10.1. The van der Waals surface area contributed by atoms with E-state index < -0.39 is 10.9 Å². The van der Waals surface area contributed by atoms with Crippen molar-refractivity contribution in [2.75, 3.05) is 31.1 Å². The molecule has 0 spiro atoms. The SMILES string of the molecule is O=C(O)c1cccc(N2CCNCC2)c1[N+](=O)[O-]. The number of rotatable bonds is 3. The normalized spacial score (nSPS) is 15.4. The molecule has 2 N–H and O–H groups in total. The van der Waals surface area contributed by atoms with Gasteiger partial charge in [0.2, 0.25) is 0 Å². The van der Waals surface area contributed by atoms with Gasteiger partial charge in [0, 0.05) is 26.2 Å². The number of benzene rings is 1. The van der Waals surface area contributed by atoms with Gasteiger partial charge in [-0.15, -0.1) is 0 Å². The average molecular weight is 251 g/mol. The van der Waals surface area contributed by atoms with Crippen molar-refractivity contribution in [1.82, 2.24) is 5.32 Å². The topological polar surface area (TPSA) is 95.7 Å². The van der Waals surface area contributed by atoms with Crippen molar-refractivity contribution in [1.29, 1.82) is 0 Å². The minimum Gasteiger partial charge on any atom is -0.477 e. The molecule has 0 aliphatic carbocycles. The van der Waals surface area contributed by atoms with Crippen LogP contribution in [0.15, 0.2) is 18.2 Å². The Bertz CT molecular complexity index is 483. The first-order chi connectivity index (χ1) is 8.61. The van der Waals surface area contributed by atoms with E-state index in [9.17, 15) is 14.9 Å². The Morgan fingerprint density at radius 3 is 2.61 bits per heavy atom. The van der Waals surface area contributed by atoms with Gasteiger partial charge in [0.05, 0.1) is 4.92 Å². The van der Waals surface area contributed by atoms with Gasteiger partial charge in [-0.3, -0.25) is 10.1 Å². The van der Waals surface area contributed by atoms with Crippen LogP contribution in [-0.2, 0) is 0 Å². The predicted octanol–water partition coefficient (Wildman–Crippen LogP) is 0.703. The van der Waals surface area contributed by atoms with E-state index in [1.807, 2.05) is 4.90 Å². The number of para-hydroxylation sites is 1. The third-order valence-electron chi connectivity index (χ3n) is 2.89. The van der Waals surface area contributed by atoms with Gasteiger partial charge in [0.1, 0.15) is 11.3 Å². The summed E-state index contributed by atoms with van der Waals surface area (Å²) in [6.07, 6.45) is 0. The molecule has 1 heterocycles. The minimum atomic E-state index is -1.28. The first-order valence-electron chi connectivity index (χ1n) is 5.57. The number of hydrogen-bond acceptors (Lipinski definition) is 5. The highest BCUT2D eigenvalue weighted by molar-refractivity contribution is 5.95. The van der Waals surface area contributed by atoms with E-state index in [1.54, 1.807) is 6.07 Å². The number of aromatic carboxylic acids is 1. The quantitative estimate of drug-likeness (QED) is 0.606. The van der Waals surface area contributed by atoms with Crippen LogP contribution in [0.5, 0.6) is 0 Å². The van der Waals surface area contributed by atoms with E-state index in [4.69, 9.17) is 5.11 Å². The van der Waals surface area contributed by atoms with Crippen molar-refractivity contribution in [2.45, 2.75) is 0 Å². The Balaban J connectivity index is 2.48. The van der Waals surface area contributed by atoms with E-state index in [0.29, 0.717) is 18.8 Å². The Morgan fingerprint density at radius 1 is 1.39 bits per heavy atom. The number of anilines is 1. The number of carbonyl (C=O) groups is 1. The number of piperazine rings is 1. The molecule has 0 amide bonds. The smallest absolute Gasteiger partial charge is 0.342 e.